The number of benzene rings is 2. The van der Waals surface area contributed by atoms with Crippen LogP contribution in [0.1, 0.15) is 18.1 Å². The number of nitrogens with one attached hydrogen (secondary N) is 2. The van der Waals surface area contributed by atoms with Gasteiger partial charge >= 0.3 is 0 Å². The molecule has 0 aliphatic rings. The minimum Gasteiger partial charge on any atom is -0.515 e. The number of aliphatic hydroxyl groups excluding tert-OH is 1. The molecule has 23 heavy (non-hydrogen) atoms. The second-order valence-electron chi connectivity index (χ2n) is 4.86. The van der Waals surface area contributed by atoms with Crippen LogP contribution in [0.15, 0.2) is 79.1 Å². The zero-order valence-corrected chi connectivity index (χ0v) is 13.0. The zero-order chi connectivity index (χ0) is 16.5. The SMILES string of the molecule is C\C=C/C=C(\C(=C\O)c1ccc(NNN)cc1)c1ccccc1. The molecule has 4 nitrogen and oxygen atoms in total. The average Bonchev–Trinajstić information content (AvgIpc) is 2.61. The summed E-state index contributed by atoms with van der Waals surface area (Å²) in [5, 5.41) is 9.81. The molecule has 0 fully saturated rings. The summed E-state index contributed by atoms with van der Waals surface area (Å²) in [5.41, 5.74) is 9.69. The summed E-state index contributed by atoms with van der Waals surface area (Å²) in [6.07, 6.45) is 7.05. The summed E-state index contributed by atoms with van der Waals surface area (Å²) in [4.78, 5) is 0. The molecule has 0 radical (unpaired) electrons. The van der Waals surface area contributed by atoms with E-state index in [1.807, 2.05) is 79.7 Å². The van der Waals surface area contributed by atoms with E-state index < -0.39 is 0 Å². The van der Waals surface area contributed by atoms with Crippen LogP contribution in [0.25, 0.3) is 11.1 Å². The monoisotopic (exact) mass is 307 g/mol. The van der Waals surface area contributed by atoms with Crippen molar-refractivity contribution in [1.82, 2.24) is 5.53 Å². The predicted molar refractivity (Wildman–Crippen MR) is 97.2 cm³/mol. The molecular weight excluding hydrogens is 286 g/mol. The lowest BCUT2D eigenvalue weighted by Gasteiger charge is -2.13. The maximum Gasteiger partial charge on any atom is 0.0876 e. The van der Waals surface area contributed by atoms with Crippen LogP contribution in [-0.2, 0) is 0 Å². The van der Waals surface area contributed by atoms with E-state index in [1.165, 1.54) is 0 Å². The molecule has 0 saturated carbocycles. The lowest BCUT2D eigenvalue weighted by Crippen LogP contribution is -2.28. The van der Waals surface area contributed by atoms with Gasteiger partial charge in [0.25, 0.3) is 0 Å². The first-order chi connectivity index (χ1) is 11.3. The molecule has 0 aliphatic heterocycles. The normalized spacial score (nSPS) is 12.6. The van der Waals surface area contributed by atoms with Crippen LogP contribution in [-0.4, -0.2) is 5.11 Å². The minimum atomic E-state index is 0.751. The van der Waals surface area contributed by atoms with Crippen molar-refractivity contribution in [3.63, 3.8) is 0 Å². The molecule has 0 spiro atoms. The van der Waals surface area contributed by atoms with Crippen molar-refractivity contribution in [2.45, 2.75) is 6.92 Å². The smallest absolute Gasteiger partial charge is 0.0876 e. The second kappa shape index (κ2) is 8.58. The summed E-state index contributed by atoms with van der Waals surface area (Å²) < 4.78 is 0. The van der Waals surface area contributed by atoms with E-state index in [0.717, 1.165) is 34.2 Å². The molecule has 5 N–H and O–H groups in total. The van der Waals surface area contributed by atoms with Crippen LogP contribution in [0.5, 0.6) is 0 Å². The number of aliphatic hydroxyl groups is 1. The first-order valence-electron chi connectivity index (χ1n) is 7.35. The van der Waals surface area contributed by atoms with E-state index in [2.05, 4.69) is 11.0 Å². The van der Waals surface area contributed by atoms with Gasteiger partial charge in [-0.1, -0.05) is 60.7 Å². The highest BCUT2D eigenvalue weighted by Gasteiger charge is 2.10. The molecule has 0 amide bonds. The quantitative estimate of drug-likeness (QED) is 0.281. The van der Waals surface area contributed by atoms with Crippen molar-refractivity contribution >= 4 is 16.8 Å². The van der Waals surface area contributed by atoms with Gasteiger partial charge in [-0.3, -0.25) is 5.84 Å². The number of hydrogen-bond acceptors (Lipinski definition) is 4. The molecule has 0 bridgehead atoms. The summed E-state index contributed by atoms with van der Waals surface area (Å²) >= 11 is 0. The predicted octanol–water partition coefficient (Wildman–Crippen LogP) is 4.04. The van der Waals surface area contributed by atoms with Gasteiger partial charge in [0.2, 0.25) is 0 Å². The molecule has 0 aromatic heterocycles. The van der Waals surface area contributed by atoms with E-state index in [9.17, 15) is 5.11 Å². The Balaban J connectivity index is 2.43. The Morgan fingerprint density at radius 2 is 1.61 bits per heavy atom. The van der Waals surface area contributed by atoms with E-state index in [-0.39, 0.29) is 0 Å². The molecule has 0 unspecified atom stereocenters. The summed E-state index contributed by atoms with van der Waals surface area (Å²) in [5.74, 6) is 5.23. The first-order valence-corrected chi connectivity index (χ1v) is 7.35. The lowest BCUT2D eigenvalue weighted by atomic mass is 9.92. The van der Waals surface area contributed by atoms with Gasteiger partial charge < -0.3 is 10.5 Å². The summed E-state index contributed by atoms with van der Waals surface area (Å²) in [6, 6.07) is 17.6. The highest BCUT2D eigenvalue weighted by Crippen LogP contribution is 2.31. The van der Waals surface area contributed by atoms with E-state index in [0.29, 0.717) is 0 Å². The van der Waals surface area contributed by atoms with E-state index in [4.69, 9.17) is 5.84 Å². The maximum absolute atomic E-state index is 9.81. The third kappa shape index (κ3) is 4.32. The Bertz CT molecular complexity index is 701. The van der Waals surface area contributed by atoms with Crippen molar-refractivity contribution in [3.8, 4) is 0 Å². The Hall–Kier alpha value is -2.82. The van der Waals surface area contributed by atoms with Crippen molar-refractivity contribution < 1.29 is 5.11 Å². The maximum atomic E-state index is 9.81. The third-order valence-corrected chi connectivity index (χ3v) is 3.37. The highest BCUT2D eigenvalue weighted by molar-refractivity contribution is 6.05. The topological polar surface area (TPSA) is 70.3 Å². The van der Waals surface area contributed by atoms with E-state index in [1.54, 1.807) is 0 Å². The number of anilines is 1. The molecule has 4 heteroatoms. The number of allylic oxidation sites excluding steroid dienone is 5. The fraction of sp³-hybridized carbons (Fsp3) is 0.0526. The molecule has 2 aromatic carbocycles. The van der Waals surface area contributed by atoms with Crippen LogP contribution >= 0.6 is 0 Å². The minimum absolute atomic E-state index is 0.751. The summed E-state index contributed by atoms with van der Waals surface area (Å²) in [7, 11) is 0. The van der Waals surface area contributed by atoms with Gasteiger partial charge in [-0.25, -0.2) is 0 Å². The number of hydrogen-bond donors (Lipinski definition) is 4. The Labute approximate surface area is 136 Å². The molecule has 0 aliphatic carbocycles. The molecule has 0 atom stereocenters. The number of hydrazine groups is 2. The van der Waals surface area contributed by atoms with Gasteiger partial charge in [0.05, 0.1) is 11.9 Å². The highest BCUT2D eigenvalue weighted by atomic mass is 16.2. The van der Waals surface area contributed by atoms with Crippen molar-refractivity contribution in [2.75, 3.05) is 5.43 Å². The standard InChI is InChI=1S/C19H21N3O/c1-2-3-9-18(15-7-5-4-6-8-15)19(14-23)16-10-12-17(13-11-16)21-22-20/h2-14,21-23H,20H2,1H3/b3-2-,18-9-,19-14+. The second-order valence-corrected chi connectivity index (χ2v) is 4.86. The number of rotatable bonds is 6. The largest absolute Gasteiger partial charge is 0.515 e. The van der Waals surface area contributed by atoms with E-state index >= 15 is 0 Å². The molecular formula is C19H21N3O. The average molecular weight is 307 g/mol. The lowest BCUT2D eigenvalue weighted by molar-refractivity contribution is 0.476. The Morgan fingerprint density at radius 1 is 0.957 bits per heavy atom. The van der Waals surface area contributed by atoms with Crippen molar-refractivity contribution in [1.29, 1.82) is 0 Å². The van der Waals surface area contributed by atoms with Gasteiger partial charge in [-0.15, -0.1) is 0 Å². The van der Waals surface area contributed by atoms with Crippen LogP contribution in [0.2, 0.25) is 0 Å². The van der Waals surface area contributed by atoms with Gasteiger partial charge in [0.1, 0.15) is 0 Å². The van der Waals surface area contributed by atoms with Crippen LogP contribution < -0.4 is 16.8 Å². The fourth-order valence-corrected chi connectivity index (χ4v) is 2.27. The van der Waals surface area contributed by atoms with Gasteiger partial charge in [-0.05, 0) is 35.8 Å². The zero-order valence-electron chi connectivity index (χ0n) is 13.0. The molecule has 2 rings (SSSR count). The Morgan fingerprint density at radius 3 is 2.17 bits per heavy atom. The molecule has 2 aromatic rings. The molecule has 118 valence electrons. The first kappa shape index (κ1) is 16.5. The van der Waals surface area contributed by atoms with Gasteiger partial charge in [0.15, 0.2) is 0 Å². The van der Waals surface area contributed by atoms with Gasteiger partial charge in [-0.2, -0.15) is 5.53 Å². The van der Waals surface area contributed by atoms with Crippen LogP contribution in [0.4, 0.5) is 5.69 Å². The Kier molecular flexibility index (Phi) is 6.17. The van der Waals surface area contributed by atoms with Crippen LogP contribution in [0.3, 0.4) is 0 Å². The van der Waals surface area contributed by atoms with Gasteiger partial charge in [0, 0.05) is 5.57 Å². The third-order valence-electron chi connectivity index (χ3n) is 3.37. The fourth-order valence-electron chi connectivity index (χ4n) is 2.27. The summed E-state index contributed by atoms with van der Waals surface area (Å²) in [6.45, 7) is 1.96. The van der Waals surface area contributed by atoms with Crippen LogP contribution in [0, 0.1) is 0 Å². The van der Waals surface area contributed by atoms with Crippen molar-refractivity contribution in [2.24, 2.45) is 5.84 Å². The molecule has 0 saturated heterocycles. The van der Waals surface area contributed by atoms with Crippen molar-refractivity contribution in [3.05, 3.63) is 90.2 Å². The number of nitrogens with two attached hydrogens (primary N) is 1. The molecule has 0 heterocycles.